The highest BCUT2D eigenvalue weighted by Crippen LogP contribution is 2.22. The number of rotatable bonds is 7. The molecule has 0 saturated carbocycles. The maximum atomic E-state index is 12.2. The van der Waals surface area contributed by atoms with E-state index >= 15 is 0 Å². The van der Waals surface area contributed by atoms with Gasteiger partial charge in [-0.1, -0.05) is 18.2 Å². The molecule has 0 radical (unpaired) electrons. The smallest absolute Gasteiger partial charge is 0.247 e. The van der Waals surface area contributed by atoms with Crippen LogP contribution in [0.5, 0.6) is 0 Å². The molecule has 2 aromatic carbocycles. The Morgan fingerprint density at radius 2 is 1.89 bits per heavy atom. The number of hydrogen-bond acceptors (Lipinski definition) is 5. The Hall–Kier alpha value is -3.15. The highest BCUT2D eigenvalue weighted by atomic mass is 16.4. The van der Waals surface area contributed by atoms with Crippen LogP contribution < -0.4 is 10.2 Å². The summed E-state index contributed by atoms with van der Waals surface area (Å²) in [6.07, 6.45) is 1.63. The lowest BCUT2D eigenvalue weighted by Crippen LogP contribution is -2.13. The van der Waals surface area contributed by atoms with Crippen LogP contribution in [-0.2, 0) is 11.2 Å². The largest absolute Gasteiger partial charge is 0.421 e. The number of carbonyl (C=O) groups is 1. The van der Waals surface area contributed by atoms with E-state index < -0.39 is 0 Å². The zero-order chi connectivity index (χ0) is 19.2. The summed E-state index contributed by atoms with van der Waals surface area (Å²) in [5.41, 5.74) is 3.88. The van der Waals surface area contributed by atoms with E-state index in [9.17, 15) is 4.79 Å². The van der Waals surface area contributed by atoms with Gasteiger partial charge in [0, 0.05) is 43.9 Å². The fraction of sp³-hybridized carbons (Fsp3) is 0.286. The summed E-state index contributed by atoms with van der Waals surface area (Å²) in [6.45, 7) is 1.99. The van der Waals surface area contributed by atoms with E-state index in [0.29, 0.717) is 31.0 Å². The van der Waals surface area contributed by atoms with E-state index in [1.807, 2.05) is 68.4 Å². The third-order valence-electron chi connectivity index (χ3n) is 4.28. The van der Waals surface area contributed by atoms with Gasteiger partial charge in [0.05, 0.1) is 0 Å². The van der Waals surface area contributed by atoms with Crippen molar-refractivity contribution in [1.82, 2.24) is 10.2 Å². The molecule has 140 valence electrons. The molecule has 0 saturated heterocycles. The molecule has 0 spiro atoms. The van der Waals surface area contributed by atoms with Gasteiger partial charge in [-0.3, -0.25) is 4.79 Å². The highest BCUT2D eigenvalue weighted by Gasteiger charge is 2.10. The minimum Gasteiger partial charge on any atom is -0.421 e. The van der Waals surface area contributed by atoms with Gasteiger partial charge in [-0.25, -0.2) is 0 Å². The molecule has 0 aliphatic rings. The molecule has 0 bridgehead atoms. The van der Waals surface area contributed by atoms with Gasteiger partial charge in [-0.15, -0.1) is 10.2 Å². The van der Waals surface area contributed by atoms with Crippen molar-refractivity contribution in [3.63, 3.8) is 0 Å². The third kappa shape index (κ3) is 4.94. The van der Waals surface area contributed by atoms with Crippen molar-refractivity contribution in [2.75, 3.05) is 24.3 Å². The summed E-state index contributed by atoms with van der Waals surface area (Å²) in [4.78, 5) is 14.2. The molecule has 1 heterocycles. The Kier molecular flexibility index (Phi) is 5.86. The first-order valence-corrected chi connectivity index (χ1v) is 8.98. The van der Waals surface area contributed by atoms with E-state index in [2.05, 4.69) is 21.6 Å². The maximum absolute atomic E-state index is 12.2. The van der Waals surface area contributed by atoms with Crippen molar-refractivity contribution in [1.29, 1.82) is 0 Å². The zero-order valence-electron chi connectivity index (χ0n) is 15.9. The van der Waals surface area contributed by atoms with Crippen molar-refractivity contribution in [3.8, 4) is 11.5 Å². The second-order valence-electron chi connectivity index (χ2n) is 6.66. The number of amides is 1. The average Bonchev–Trinajstić information content (AvgIpc) is 3.13. The normalized spacial score (nSPS) is 10.6. The van der Waals surface area contributed by atoms with Crippen molar-refractivity contribution >= 4 is 17.3 Å². The highest BCUT2D eigenvalue weighted by molar-refractivity contribution is 5.91. The van der Waals surface area contributed by atoms with Crippen LogP contribution in [-0.4, -0.2) is 30.2 Å². The number of aryl methyl sites for hydroxylation is 2. The molecule has 27 heavy (non-hydrogen) atoms. The Morgan fingerprint density at radius 1 is 1.11 bits per heavy atom. The van der Waals surface area contributed by atoms with Gasteiger partial charge in [0.2, 0.25) is 17.7 Å². The van der Waals surface area contributed by atoms with Crippen LogP contribution >= 0.6 is 0 Å². The van der Waals surface area contributed by atoms with E-state index in [-0.39, 0.29) is 5.91 Å². The Balaban J connectivity index is 1.50. The first-order valence-electron chi connectivity index (χ1n) is 8.98. The monoisotopic (exact) mass is 364 g/mol. The van der Waals surface area contributed by atoms with Crippen LogP contribution in [0.3, 0.4) is 0 Å². The number of nitrogens with one attached hydrogen (secondary N) is 1. The molecular weight excluding hydrogens is 340 g/mol. The topological polar surface area (TPSA) is 71.3 Å². The van der Waals surface area contributed by atoms with Gasteiger partial charge in [0.15, 0.2) is 0 Å². The summed E-state index contributed by atoms with van der Waals surface area (Å²) < 4.78 is 5.67. The van der Waals surface area contributed by atoms with Gasteiger partial charge in [-0.05, 0) is 49.2 Å². The van der Waals surface area contributed by atoms with Crippen LogP contribution in [0.4, 0.5) is 11.4 Å². The molecule has 1 N–H and O–H groups in total. The molecule has 0 fully saturated rings. The Labute approximate surface area is 159 Å². The van der Waals surface area contributed by atoms with Crippen molar-refractivity contribution in [2.24, 2.45) is 0 Å². The molecule has 6 heteroatoms. The molecule has 3 rings (SSSR count). The fourth-order valence-corrected chi connectivity index (χ4v) is 2.73. The van der Waals surface area contributed by atoms with Gasteiger partial charge in [0.1, 0.15) is 0 Å². The second kappa shape index (κ2) is 8.49. The van der Waals surface area contributed by atoms with Gasteiger partial charge in [0.25, 0.3) is 0 Å². The van der Waals surface area contributed by atoms with Crippen LogP contribution in [0.25, 0.3) is 11.5 Å². The van der Waals surface area contributed by atoms with E-state index in [1.54, 1.807) is 0 Å². The molecule has 0 aliphatic heterocycles. The number of nitrogens with zero attached hydrogens (tertiary/aromatic N) is 3. The average molecular weight is 364 g/mol. The first-order chi connectivity index (χ1) is 13.0. The molecular formula is C21H24N4O2. The standard InChI is InChI=1S/C21H24N4O2/c1-15-14-17(25(2)3)12-13-18(15)22-19(26)10-7-11-20-23-24-21(27-20)16-8-5-4-6-9-16/h4-6,8-9,12-14H,7,10-11H2,1-3H3,(H,22,26). The van der Waals surface area contributed by atoms with Crippen LogP contribution in [0.15, 0.2) is 52.9 Å². The number of carbonyl (C=O) groups excluding carboxylic acids is 1. The van der Waals surface area contributed by atoms with Crippen LogP contribution in [0.1, 0.15) is 24.3 Å². The van der Waals surface area contributed by atoms with E-state index in [4.69, 9.17) is 4.42 Å². The zero-order valence-corrected chi connectivity index (χ0v) is 15.9. The molecule has 1 aromatic heterocycles. The van der Waals surface area contributed by atoms with Crippen LogP contribution in [0, 0.1) is 6.92 Å². The number of aromatic nitrogens is 2. The lowest BCUT2D eigenvalue weighted by Gasteiger charge is -2.15. The maximum Gasteiger partial charge on any atom is 0.247 e. The van der Waals surface area contributed by atoms with Crippen LogP contribution in [0.2, 0.25) is 0 Å². The third-order valence-corrected chi connectivity index (χ3v) is 4.28. The summed E-state index contributed by atoms with van der Waals surface area (Å²) in [5, 5.41) is 11.1. The quantitative estimate of drug-likeness (QED) is 0.684. The molecule has 6 nitrogen and oxygen atoms in total. The molecule has 3 aromatic rings. The van der Waals surface area contributed by atoms with Gasteiger partial charge in [-0.2, -0.15) is 0 Å². The SMILES string of the molecule is Cc1cc(N(C)C)ccc1NC(=O)CCCc1nnc(-c2ccccc2)o1. The van der Waals surface area contributed by atoms with E-state index in [1.165, 1.54) is 0 Å². The van der Waals surface area contributed by atoms with Gasteiger partial charge < -0.3 is 14.6 Å². The number of benzene rings is 2. The minimum absolute atomic E-state index is 0.0153. The first kappa shape index (κ1) is 18.6. The predicted octanol–water partition coefficient (Wildman–Crippen LogP) is 4.07. The van der Waals surface area contributed by atoms with Crippen molar-refractivity contribution < 1.29 is 9.21 Å². The van der Waals surface area contributed by atoms with E-state index in [0.717, 1.165) is 22.5 Å². The summed E-state index contributed by atoms with van der Waals surface area (Å²) >= 11 is 0. The lowest BCUT2D eigenvalue weighted by molar-refractivity contribution is -0.116. The molecule has 0 aliphatic carbocycles. The summed E-state index contributed by atoms with van der Waals surface area (Å²) in [6, 6.07) is 15.6. The fourth-order valence-electron chi connectivity index (χ4n) is 2.73. The molecule has 0 atom stereocenters. The Bertz CT molecular complexity index is 904. The second-order valence-corrected chi connectivity index (χ2v) is 6.66. The Morgan fingerprint density at radius 3 is 2.59 bits per heavy atom. The van der Waals surface area contributed by atoms with Crippen molar-refractivity contribution in [3.05, 3.63) is 60.0 Å². The predicted molar refractivity (Wildman–Crippen MR) is 107 cm³/mol. The number of hydrogen-bond donors (Lipinski definition) is 1. The van der Waals surface area contributed by atoms with Crippen molar-refractivity contribution in [2.45, 2.75) is 26.2 Å². The number of anilines is 2. The minimum atomic E-state index is -0.0153. The van der Waals surface area contributed by atoms with Gasteiger partial charge >= 0.3 is 0 Å². The molecule has 1 amide bonds. The molecule has 0 unspecified atom stereocenters. The summed E-state index contributed by atoms with van der Waals surface area (Å²) in [5.74, 6) is 1.04. The lowest BCUT2D eigenvalue weighted by atomic mass is 10.1. The summed E-state index contributed by atoms with van der Waals surface area (Å²) in [7, 11) is 3.99.